The fourth-order valence-electron chi connectivity index (χ4n) is 3.82. The lowest BCUT2D eigenvalue weighted by Gasteiger charge is -2.18. The molecule has 0 aliphatic heterocycles. The summed E-state index contributed by atoms with van der Waals surface area (Å²) in [5.74, 6) is 0.926. The minimum atomic E-state index is 0.0993. The maximum absolute atomic E-state index is 13.7. The molecule has 0 fully saturated rings. The fourth-order valence-corrected chi connectivity index (χ4v) is 3.82. The van der Waals surface area contributed by atoms with Crippen molar-refractivity contribution in [3.8, 4) is 0 Å². The van der Waals surface area contributed by atoms with Crippen molar-refractivity contribution >= 4 is 16.8 Å². The molecule has 0 bridgehead atoms. The highest BCUT2D eigenvalue weighted by Crippen LogP contribution is 2.33. The number of carbonyl (C=O) groups is 1. The average Bonchev–Trinajstić information content (AvgIpc) is 3.01. The van der Waals surface area contributed by atoms with Gasteiger partial charge in [0.25, 0.3) is 0 Å². The van der Waals surface area contributed by atoms with E-state index in [-0.39, 0.29) is 5.78 Å². The number of benzene rings is 2. The molecule has 0 aliphatic carbocycles. The third kappa shape index (κ3) is 2.88. The van der Waals surface area contributed by atoms with Gasteiger partial charge in [0.15, 0.2) is 5.78 Å². The van der Waals surface area contributed by atoms with Gasteiger partial charge >= 0.3 is 0 Å². The van der Waals surface area contributed by atoms with E-state index in [0.717, 1.165) is 58.2 Å². The maximum Gasteiger partial charge on any atom is 0.197 e. The number of hydrogen-bond acceptors (Lipinski definition) is 2. The number of aryl methyl sites for hydroxylation is 1. The van der Waals surface area contributed by atoms with Crippen molar-refractivity contribution in [1.82, 2.24) is 0 Å². The van der Waals surface area contributed by atoms with Crippen molar-refractivity contribution in [1.29, 1.82) is 0 Å². The third-order valence-electron chi connectivity index (χ3n) is 5.88. The van der Waals surface area contributed by atoms with Crippen LogP contribution in [0, 0.1) is 34.6 Å². The Morgan fingerprint density at radius 1 is 0.846 bits per heavy atom. The monoisotopic (exact) mass is 348 g/mol. The van der Waals surface area contributed by atoms with Crippen molar-refractivity contribution < 1.29 is 9.21 Å². The van der Waals surface area contributed by atoms with Crippen LogP contribution in [0.2, 0.25) is 0 Å². The van der Waals surface area contributed by atoms with Crippen LogP contribution in [-0.4, -0.2) is 5.78 Å². The Morgan fingerprint density at radius 3 is 2.04 bits per heavy atom. The number of carbonyl (C=O) groups excluding carboxylic acids is 1. The van der Waals surface area contributed by atoms with Gasteiger partial charge in [-0.25, -0.2) is 0 Å². The first kappa shape index (κ1) is 18.4. The van der Waals surface area contributed by atoms with E-state index >= 15 is 0 Å². The molecule has 0 saturated heterocycles. The minimum Gasteiger partial charge on any atom is -0.460 e. The van der Waals surface area contributed by atoms with Crippen molar-refractivity contribution in [3.63, 3.8) is 0 Å². The summed E-state index contributed by atoms with van der Waals surface area (Å²) in [5.41, 5.74) is 8.26. The van der Waals surface area contributed by atoms with Gasteiger partial charge in [0.05, 0.1) is 5.56 Å². The number of ketones is 1. The van der Waals surface area contributed by atoms with Gasteiger partial charge in [0.1, 0.15) is 11.3 Å². The second kappa shape index (κ2) is 7.11. The summed E-state index contributed by atoms with van der Waals surface area (Å²) < 4.78 is 6.09. The summed E-state index contributed by atoms with van der Waals surface area (Å²) in [6, 6.07) is 7.89. The van der Waals surface area contributed by atoms with Crippen LogP contribution in [0.25, 0.3) is 11.0 Å². The van der Waals surface area contributed by atoms with Gasteiger partial charge in [0, 0.05) is 17.4 Å². The molecule has 0 amide bonds. The largest absolute Gasteiger partial charge is 0.460 e. The highest BCUT2D eigenvalue weighted by molar-refractivity contribution is 6.18. The summed E-state index contributed by atoms with van der Waals surface area (Å²) in [7, 11) is 0. The van der Waals surface area contributed by atoms with Crippen LogP contribution < -0.4 is 0 Å². The summed E-state index contributed by atoms with van der Waals surface area (Å²) in [6.45, 7) is 12.6. The zero-order valence-electron chi connectivity index (χ0n) is 16.7. The Labute approximate surface area is 156 Å². The molecule has 0 unspecified atom stereocenters. The van der Waals surface area contributed by atoms with Gasteiger partial charge in [-0.05, 0) is 74.9 Å². The average molecular weight is 348 g/mol. The van der Waals surface area contributed by atoms with Gasteiger partial charge < -0.3 is 4.42 Å². The molecule has 0 atom stereocenters. The van der Waals surface area contributed by atoms with E-state index in [4.69, 9.17) is 4.42 Å². The molecular weight excluding hydrogens is 320 g/mol. The third-order valence-corrected chi connectivity index (χ3v) is 5.88. The molecule has 0 spiro atoms. The molecule has 0 radical (unpaired) electrons. The number of fused-ring (bicyclic) bond motifs is 1. The van der Waals surface area contributed by atoms with Crippen molar-refractivity contribution in [2.45, 2.75) is 60.8 Å². The molecule has 1 heterocycles. The van der Waals surface area contributed by atoms with Gasteiger partial charge in [-0.3, -0.25) is 4.79 Å². The SMILES string of the molecule is CCCCc1oc2ccccc2c1C(=O)c1c(C)c(C)c(C)c(C)c1C. The smallest absolute Gasteiger partial charge is 0.197 e. The number of hydrogen-bond donors (Lipinski definition) is 0. The van der Waals surface area contributed by atoms with Crippen LogP contribution >= 0.6 is 0 Å². The summed E-state index contributed by atoms with van der Waals surface area (Å²) >= 11 is 0. The standard InChI is InChI=1S/C24H28O2/c1-7-8-12-21-23(19-11-9-10-13-20(19)26-21)24(25)22-17(5)15(3)14(2)16(4)18(22)6/h9-11,13H,7-8,12H2,1-6H3. The first-order valence-electron chi connectivity index (χ1n) is 9.50. The Morgan fingerprint density at radius 2 is 1.42 bits per heavy atom. The number of rotatable bonds is 5. The molecule has 2 aromatic carbocycles. The zero-order chi connectivity index (χ0) is 19.0. The summed E-state index contributed by atoms with van der Waals surface area (Å²) in [4.78, 5) is 13.7. The predicted molar refractivity (Wildman–Crippen MR) is 108 cm³/mol. The van der Waals surface area contributed by atoms with E-state index in [0.29, 0.717) is 0 Å². The Hall–Kier alpha value is -2.35. The minimum absolute atomic E-state index is 0.0993. The quantitative estimate of drug-likeness (QED) is 0.489. The van der Waals surface area contributed by atoms with E-state index < -0.39 is 0 Å². The second-order valence-corrected chi connectivity index (χ2v) is 7.33. The highest BCUT2D eigenvalue weighted by atomic mass is 16.3. The van der Waals surface area contributed by atoms with Crippen molar-refractivity contribution in [2.24, 2.45) is 0 Å². The molecule has 0 aliphatic rings. The molecule has 2 nitrogen and oxygen atoms in total. The van der Waals surface area contributed by atoms with Crippen LogP contribution in [0.5, 0.6) is 0 Å². The normalized spacial score (nSPS) is 11.3. The van der Waals surface area contributed by atoms with E-state index in [1.807, 2.05) is 24.3 Å². The second-order valence-electron chi connectivity index (χ2n) is 7.33. The summed E-state index contributed by atoms with van der Waals surface area (Å²) in [6.07, 6.45) is 2.89. The van der Waals surface area contributed by atoms with Gasteiger partial charge in [-0.2, -0.15) is 0 Å². The lowest BCUT2D eigenvalue weighted by molar-refractivity contribution is 0.103. The Balaban J connectivity index is 2.26. The number of furan rings is 1. The van der Waals surface area contributed by atoms with E-state index in [1.165, 1.54) is 16.7 Å². The van der Waals surface area contributed by atoms with E-state index in [1.54, 1.807) is 0 Å². The van der Waals surface area contributed by atoms with Crippen molar-refractivity contribution in [2.75, 3.05) is 0 Å². The molecule has 0 saturated carbocycles. The van der Waals surface area contributed by atoms with Crippen LogP contribution in [0.15, 0.2) is 28.7 Å². The zero-order valence-corrected chi connectivity index (χ0v) is 16.7. The predicted octanol–water partition coefficient (Wildman–Crippen LogP) is 6.55. The highest BCUT2D eigenvalue weighted by Gasteiger charge is 2.25. The lowest BCUT2D eigenvalue weighted by atomic mass is 9.85. The molecule has 3 rings (SSSR count). The molecular formula is C24H28O2. The topological polar surface area (TPSA) is 30.2 Å². The van der Waals surface area contributed by atoms with Gasteiger partial charge in [-0.15, -0.1) is 0 Å². The molecule has 26 heavy (non-hydrogen) atoms. The van der Waals surface area contributed by atoms with Crippen LogP contribution in [0.4, 0.5) is 0 Å². The molecule has 2 heteroatoms. The number of para-hydroxylation sites is 1. The van der Waals surface area contributed by atoms with Crippen LogP contribution in [0.1, 0.15) is 69.3 Å². The first-order valence-corrected chi connectivity index (χ1v) is 9.50. The maximum atomic E-state index is 13.7. The van der Waals surface area contributed by atoms with Crippen molar-refractivity contribution in [3.05, 3.63) is 69.0 Å². The molecule has 1 aromatic heterocycles. The fraction of sp³-hybridized carbons (Fsp3) is 0.375. The van der Waals surface area contributed by atoms with Crippen LogP contribution in [0.3, 0.4) is 0 Å². The first-order chi connectivity index (χ1) is 12.4. The van der Waals surface area contributed by atoms with Gasteiger partial charge in [0.2, 0.25) is 0 Å². The lowest BCUT2D eigenvalue weighted by Crippen LogP contribution is -2.12. The molecule has 136 valence electrons. The summed E-state index contributed by atoms with van der Waals surface area (Å²) in [5, 5.41) is 0.929. The Bertz CT molecular complexity index is 960. The van der Waals surface area contributed by atoms with Crippen LogP contribution in [-0.2, 0) is 6.42 Å². The molecule has 0 N–H and O–H groups in total. The van der Waals surface area contributed by atoms with E-state index in [9.17, 15) is 4.79 Å². The van der Waals surface area contributed by atoms with Gasteiger partial charge in [-0.1, -0.05) is 31.5 Å². The molecule has 3 aromatic rings. The number of unbranched alkanes of at least 4 members (excludes halogenated alkanes) is 1. The van der Waals surface area contributed by atoms with E-state index in [2.05, 4.69) is 41.5 Å². The Kier molecular flexibility index (Phi) is 5.04.